The van der Waals surface area contributed by atoms with Crippen LogP contribution in [0.3, 0.4) is 0 Å². The summed E-state index contributed by atoms with van der Waals surface area (Å²) in [4.78, 5) is 27.7. The van der Waals surface area contributed by atoms with Gasteiger partial charge in [-0.05, 0) is 98.6 Å². The number of alkyl carbamates (subject to hydrolysis) is 1. The maximum Gasteiger partial charge on any atom is 0.407 e. The maximum atomic E-state index is 14.7. The molecule has 0 saturated heterocycles. The molecule has 0 aliphatic heterocycles. The average Bonchev–Trinajstić information content (AvgIpc) is 3.31. The fourth-order valence-corrected chi connectivity index (χ4v) is 7.36. The molecule has 4 N–H and O–H groups in total. The number of carbonyl (C=O) groups is 2. The Morgan fingerprint density at radius 3 is 2.16 bits per heavy atom. The molecular weight excluding hydrogens is 640 g/mol. The van der Waals surface area contributed by atoms with Crippen LogP contribution >= 0.6 is 0 Å². The van der Waals surface area contributed by atoms with E-state index in [1.807, 2.05) is 51.1 Å². The van der Waals surface area contributed by atoms with E-state index in [0.29, 0.717) is 24.0 Å². The molecule has 266 valence electrons. The van der Waals surface area contributed by atoms with Crippen molar-refractivity contribution in [1.29, 1.82) is 0 Å². The number of benzene rings is 3. The highest BCUT2D eigenvalue weighted by Crippen LogP contribution is 2.39. The van der Waals surface area contributed by atoms with Crippen LogP contribution in [0.1, 0.15) is 76.3 Å². The van der Waals surface area contributed by atoms with Gasteiger partial charge in [0.05, 0.1) is 24.3 Å². The summed E-state index contributed by atoms with van der Waals surface area (Å²) in [5.41, 5.74) is 2.05. The SMILES string of the molecule is CC(C)(C)OC(=O)NC(Cc1ccccc1)C(CC(Cc1ccc(O)cc1)C(=O)NC1c2cccc(F)c2C[C@H]1O)O[Si](C)(C)C(C)(C)C. The summed E-state index contributed by atoms with van der Waals surface area (Å²) in [5.74, 6) is -1.30. The van der Waals surface area contributed by atoms with E-state index in [0.717, 1.165) is 11.1 Å². The van der Waals surface area contributed by atoms with Crippen molar-refractivity contribution in [1.82, 2.24) is 10.6 Å². The van der Waals surface area contributed by atoms with E-state index in [2.05, 4.69) is 44.5 Å². The van der Waals surface area contributed by atoms with Gasteiger partial charge in [0.15, 0.2) is 8.32 Å². The third-order valence-electron chi connectivity index (χ3n) is 9.59. The van der Waals surface area contributed by atoms with Crippen LogP contribution < -0.4 is 10.6 Å². The number of phenols is 1. The van der Waals surface area contributed by atoms with E-state index in [1.165, 1.54) is 6.07 Å². The first-order valence-corrected chi connectivity index (χ1v) is 20.0. The van der Waals surface area contributed by atoms with Gasteiger partial charge < -0.3 is 30.0 Å². The Balaban J connectivity index is 1.75. The highest BCUT2D eigenvalue weighted by atomic mass is 28.4. The lowest BCUT2D eigenvalue weighted by molar-refractivity contribution is -0.127. The summed E-state index contributed by atoms with van der Waals surface area (Å²) in [6, 6.07) is 19.8. The molecule has 1 aliphatic rings. The molecule has 0 fully saturated rings. The van der Waals surface area contributed by atoms with Crippen molar-refractivity contribution in [2.24, 2.45) is 5.92 Å². The number of ether oxygens (including phenoxy) is 1. The lowest BCUT2D eigenvalue weighted by atomic mass is 9.88. The zero-order valence-electron chi connectivity index (χ0n) is 30.0. The highest BCUT2D eigenvalue weighted by Gasteiger charge is 2.43. The van der Waals surface area contributed by atoms with E-state index in [1.54, 1.807) is 36.4 Å². The molecule has 10 heteroatoms. The number of hydrogen-bond acceptors (Lipinski definition) is 6. The third kappa shape index (κ3) is 10.4. The van der Waals surface area contributed by atoms with Crippen LogP contribution in [0.4, 0.5) is 9.18 Å². The van der Waals surface area contributed by atoms with Crippen LogP contribution in [0.25, 0.3) is 0 Å². The van der Waals surface area contributed by atoms with Crippen molar-refractivity contribution in [2.45, 2.75) is 115 Å². The van der Waals surface area contributed by atoms with Gasteiger partial charge in [0, 0.05) is 12.3 Å². The summed E-state index contributed by atoms with van der Waals surface area (Å²) < 4.78 is 27.5. The zero-order valence-corrected chi connectivity index (χ0v) is 31.0. The third-order valence-corrected chi connectivity index (χ3v) is 14.1. The fraction of sp³-hybridized carbons (Fsp3) is 0.487. The molecule has 0 heterocycles. The molecule has 4 rings (SSSR count). The smallest absolute Gasteiger partial charge is 0.407 e. The minimum Gasteiger partial charge on any atom is -0.508 e. The Labute approximate surface area is 291 Å². The van der Waals surface area contributed by atoms with Crippen LogP contribution in [-0.4, -0.2) is 54.4 Å². The van der Waals surface area contributed by atoms with Gasteiger partial charge in [-0.15, -0.1) is 0 Å². The topological polar surface area (TPSA) is 117 Å². The Hall–Kier alpha value is -3.73. The van der Waals surface area contributed by atoms with E-state index in [9.17, 15) is 24.2 Å². The number of carbonyl (C=O) groups excluding carboxylic acids is 2. The number of rotatable bonds is 12. The molecule has 0 spiro atoms. The quantitative estimate of drug-likeness (QED) is 0.147. The molecule has 0 aromatic heterocycles. The fourth-order valence-electron chi connectivity index (χ4n) is 5.99. The zero-order chi connectivity index (χ0) is 36.1. The van der Waals surface area contributed by atoms with Gasteiger partial charge in [-0.1, -0.05) is 75.4 Å². The van der Waals surface area contributed by atoms with Crippen molar-refractivity contribution in [2.75, 3.05) is 0 Å². The lowest BCUT2D eigenvalue weighted by Gasteiger charge is -2.42. The first kappa shape index (κ1) is 38.1. The van der Waals surface area contributed by atoms with Crippen molar-refractivity contribution in [3.05, 3.63) is 101 Å². The van der Waals surface area contributed by atoms with Crippen LogP contribution in [0.5, 0.6) is 5.75 Å². The average molecular weight is 693 g/mol. The summed E-state index contributed by atoms with van der Waals surface area (Å²) in [7, 11) is -2.49. The standard InChI is InChI=1S/C39H53FN2O6Si/c1-38(2,3)47-37(46)41-32(22-25-13-10-9-11-14-25)34(48-49(7,8)39(4,5)6)23-27(21-26-17-19-28(43)20-18-26)36(45)42-35-29-15-12-16-31(40)30(29)24-33(35)44/h9-20,27,32-35,43-44H,21-24H2,1-8H3,(H,41,46)(H,42,45)/t27?,32?,33-,34?,35?/m1/s1. The molecule has 0 radical (unpaired) electrons. The molecule has 3 aromatic rings. The second-order valence-corrected chi connectivity index (χ2v) is 20.5. The first-order chi connectivity index (χ1) is 22.8. The van der Waals surface area contributed by atoms with Crippen molar-refractivity contribution in [3.63, 3.8) is 0 Å². The molecule has 3 aromatic carbocycles. The van der Waals surface area contributed by atoms with E-state index in [4.69, 9.17) is 9.16 Å². The van der Waals surface area contributed by atoms with Crippen molar-refractivity contribution in [3.8, 4) is 5.75 Å². The Morgan fingerprint density at radius 2 is 1.55 bits per heavy atom. The summed E-state index contributed by atoms with van der Waals surface area (Å²) >= 11 is 0. The van der Waals surface area contributed by atoms with Gasteiger partial charge in [0.25, 0.3) is 0 Å². The predicted molar refractivity (Wildman–Crippen MR) is 192 cm³/mol. The first-order valence-electron chi connectivity index (χ1n) is 17.1. The van der Waals surface area contributed by atoms with Gasteiger partial charge in [0.1, 0.15) is 17.2 Å². The Morgan fingerprint density at radius 1 is 0.918 bits per heavy atom. The largest absolute Gasteiger partial charge is 0.508 e. The highest BCUT2D eigenvalue weighted by molar-refractivity contribution is 6.74. The molecule has 5 atom stereocenters. The Bertz CT molecular complexity index is 1570. The lowest BCUT2D eigenvalue weighted by Crippen LogP contribution is -2.54. The summed E-state index contributed by atoms with van der Waals surface area (Å²) in [6.45, 7) is 16.1. The molecule has 8 nitrogen and oxygen atoms in total. The number of nitrogens with one attached hydrogen (secondary N) is 2. The monoisotopic (exact) mass is 692 g/mol. The van der Waals surface area contributed by atoms with Gasteiger partial charge in [-0.3, -0.25) is 4.79 Å². The number of phenolic OH excluding ortho intramolecular Hbond substituents is 1. The van der Waals surface area contributed by atoms with Crippen molar-refractivity contribution >= 4 is 20.3 Å². The normalized spacial score (nSPS) is 18.2. The predicted octanol–water partition coefficient (Wildman–Crippen LogP) is 7.38. The molecule has 0 saturated carbocycles. The maximum absolute atomic E-state index is 14.7. The number of aliphatic hydroxyl groups excluding tert-OH is 1. The van der Waals surface area contributed by atoms with Gasteiger partial charge >= 0.3 is 6.09 Å². The van der Waals surface area contributed by atoms with Gasteiger partial charge in [0.2, 0.25) is 5.91 Å². The number of fused-ring (bicyclic) bond motifs is 1. The molecule has 4 unspecified atom stereocenters. The van der Waals surface area contributed by atoms with E-state index in [-0.39, 0.29) is 29.5 Å². The van der Waals surface area contributed by atoms with Gasteiger partial charge in [-0.2, -0.15) is 0 Å². The number of aliphatic hydroxyl groups is 1. The molecule has 2 amide bonds. The summed E-state index contributed by atoms with van der Waals surface area (Å²) in [6.07, 6.45) is -1.11. The number of halogens is 1. The Kier molecular flexibility index (Phi) is 12.0. The molecule has 49 heavy (non-hydrogen) atoms. The van der Waals surface area contributed by atoms with Crippen LogP contribution in [0.2, 0.25) is 18.1 Å². The minimum absolute atomic E-state index is 0.103. The second kappa shape index (κ2) is 15.4. The number of amides is 2. The van der Waals surface area contributed by atoms with Crippen molar-refractivity contribution < 1.29 is 33.4 Å². The van der Waals surface area contributed by atoms with Crippen LogP contribution in [0, 0.1) is 11.7 Å². The summed E-state index contributed by atoms with van der Waals surface area (Å²) in [5, 5.41) is 26.9. The number of aromatic hydroxyl groups is 1. The van der Waals surface area contributed by atoms with E-state index < -0.39 is 56.0 Å². The molecular formula is C39H53FN2O6Si. The van der Waals surface area contributed by atoms with Crippen LogP contribution in [0.15, 0.2) is 72.8 Å². The number of hydrogen-bond donors (Lipinski definition) is 4. The van der Waals surface area contributed by atoms with Gasteiger partial charge in [-0.25, -0.2) is 9.18 Å². The second-order valence-electron chi connectivity index (χ2n) is 15.7. The van der Waals surface area contributed by atoms with E-state index >= 15 is 0 Å². The minimum atomic E-state index is -2.49. The molecule has 1 aliphatic carbocycles. The molecule has 0 bridgehead atoms. The van der Waals surface area contributed by atoms with Crippen LogP contribution in [-0.2, 0) is 33.2 Å².